The number of aliphatic hydroxyl groups is 1. The van der Waals surface area contributed by atoms with E-state index in [-0.39, 0.29) is 17.8 Å². The molecule has 0 rings (SSSR count). The Morgan fingerprint density at radius 1 is 1.05 bits per heavy atom. The van der Waals surface area contributed by atoms with Gasteiger partial charge in [0.25, 0.3) is 0 Å². The first-order valence-corrected chi connectivity index (χ1v) is 7.40. The van der Waals surface area contributed by atoms with E-state index < -0.39 is 5.97 Å². The fraction of sp³-hybridized carbons (Fsp3) is 0.812. The van der Waals surface area contributed by atoms with E-state index in [1.807, 2.05) is 27.7 Å². The van der Waals surface area contributed by atoms with Gasteiger partial charge in [-0.2, -0.15) is 0 Å². The molecule has 0 aromatic heterocycles. The summed E-state index contributed by atoms with van der Waals surface area (Å²) in [5.41, 5.74) is -0.577. The van der Waals surface area contributed by atoms with E-state index in [0.717, 1.165) is 25.3 Å². The van der Waals surface area contributed by atoms with Gasteiger partial charge in [-0.25, -0.2) is 4.79 Å². The third-order valence-corrected chi connectivity index (χ3v) is 3.12. The van der Waals surface area contributed by atoms with Crippen molar-refractivity contribution in [3.63, 3.8) is 0 Å². The highest BCUT2D eigenvalue weighted by molar-refractivity contribution is 5.81. The summed E-state index contributed by atoms with van der Waals surface area (Å²) in [6.45, 7) is 12.7. The van der Waals surface area contributed by atoms with Crippen molar-refractivity contribution in [1.29, 1.82) is 0 Å². The van der Waals surface area contributed by atoms with Gasteiger partial charge < -0.3 is 19.3 Å². The minimum Gasteiger partial charge on any atom is -0.463 e. The highest BCUT2D eigenvalue weighted by Gasteiger charge is 2.22. The molecule has 0 aromatic carbocycles. The molecule has 0 fully saturated rings. The maximum Gasteiger partial charge on any atom is 0.330 e. The molecule has 5 nitrogen and oxygen atoms in total. The molecule has 0 amide bonds. The molecule has 0 spiro atoms. The lowest BCUT2D eigenvalue weighted by Crippen LogP contribution is -2.31. The Morgan fingerprint density at radius 3 is 2.19 bits per heavy atom. The van der Waals surface area contributed by atoms with Crippen molar-refractivity contribution in [2.24, 2.45) is 0 Å². The lowest BCUT2D eigenvalue weighted by molar-refractivity contribution is -0.138. The maximum atomic E-state index is 10.9. The number of carbonyl (C=O) groups is 1. The van der Waals surface area contributed by atoms with Crippen LogP contribution in [-0.2, 0) is 19.0 Å². The van der Waals surface area contributed by atoms with Crippen LogP contribution in [0.25, 0.3) is 0 Å². The van der Waals surface area contributed by atoms with Gasteiger partial charge in [0.05, 0.1) is 37.6 Å². The van der Waals surface area contributed by atoms with Crippen LogP contribution in [-0.4, -0.2) is 48.7 Å². The Hall–Kier alpha value is -0.910. The average Bonchev–Trinajstić information content (AvgIpc) is 2.40. The minimum atomic E-state index is -0.392. The lowest BCUT2D eigenvalue weighted by Gasteiger charge is -2.29. The molecule has 0 aliphatic heterocycles. The fourth-order valence-corrected chi connectivity index (χ4v) is 1.77. The van der Waals surface area contributed by atoms with E-state index >= 15 is 0 Å². The molecule has 1 N–H and O–H groups in total. The van der Waals surface area contributed by atoms with Crippen LogP contribution in [0.15, 0.2) is 12.7 Å². The molecule has 124 valence electrons. The number of hydrogen-bond donors (Lipinski definition) is 1. The van der Waals surface area contributed by atoms with E-state index in [1.165, 1.54) is 0 Å². The van der Waals surface area contributed by atoms with Gasteiger partial charge in [-0.3, -0.25) is 0 Å². The van der Waals surface area contributed by atoms with Crippen LogP contribution in [0.4, 0.5) is 0 Å². The predicted octanol–water partition coefficient (Wildman–Crippen LogP) is 2.47. The summed E-state index contributed by atoms with van der Waals surface area (Å²) in [5, 5.41) is 8.76. The molecular formula is C16H30O5. The number of aliphatic hydroxyl groups excluding tert-OH is 1. The number of rotatable bonds is 12. The highest BCUT2D eigenvalue weighted by atomic mass is 16.5. The number of hydrogen-bond acceptors (Lipinski definition) is 5. The molecular weight excluding hydrogens is 272 g/mol. The van der Waals surface area contributed by atoms with Crippen molar-refractivity contribution in [1.82, 2.24) is 0 Å². The van der Waals surface area contributed by atoms with Crippen LogP contribution in [0.3, 0.4) is 0 Å². The van der Waals surface area contributed by atoms with Crippen LogP contribution < -0.4 is 0 Å². The summed E-state index contributed by atoms with van der Waals surface area (Å²) < 4.78 is 16.3. The topological polar surface area (TPSA) is 65.0 Å². The summed E-state index contributed by atoms with van der Waals surface area (Å²) in [6, 6.07) is 0. The molecule has 0 aliphatic rings. The SMILES string of the molecule is C=CC(=O)OCCCC(C)(C)OCCC(C)(C)OCCO. The number of carbonyl (C=O) groups excluding carboxylic acids is 1. The standard InChI is InChI=1S/C16H30O5/c1-6-14(18)19-11-7-8-15(2,3)20-12-9-16(4,5)21-13-10-17/h6,17H,1,7-13H2,2-5H3. The summed E-state index contributed by atoms with van der Waals surface area (Å²) in [6.07, 6.45) is 3.46. The molecule has 0 aliphatic carbocycles. The second-order valence-corrected chi connectivity index (χ2v) is 6.17. The van der Waals surface area contributed by atoms with Gasteiger partial charge >= 0.3 is 5.97 Å². The number of ether oxygens (including phenoxy) is 3. The lowest BCUT2D eigenvalue weighted by atomic mass is 10.0. The molecule has 0 heterocycles. The zero-order chi connectivity index (χ0) is 16.4. The van der Waals surface area contributed by atoms with Crippen LogP contribution in [0, 0.1) is 0 Å². The minimum absolute atomic E-state index is 0.0270. The zero-order valence-corrected chi connectivity index (χ0v) is 13.8. The molecule has 21 heavy (non-hydrogen) atoms. The van der Waals surface area contributed by atoms with Gasteiger partial charge in [0.1, 0.15) is 0 Å². The van der Waals surface area contributed by atoms with Crippen LogP contribution >= 0.6 is 0 Å². The van der Waals surface area contributed by atoms with E-state index in [2.05, 4.69) is 6.58 Å². The normalized spacial score (nSPS) is 12.2. The monoisotopic (exact) mass is 302 g/mol. The first-order valence-electron chi connectivity index (χ1n) is 7.40. The molecule has 0 saturated carbocycles. The Bertz CT molecular complexity index is 310. The van der Waals surface area contributed by atoms with E-state index in [1.54, 1.807) is 0 Å². The second kappa shape index (κ2) is 9.92. The molecule has 0 radical (unpaired) electrons. The van der Waals surface area contributed by atoms with Crippen LogP contribution in [0.5, 0.6) is 0 Å². The molecule has 0 bridgehead atoms. The van der Waals surface area contributed by atoms with E-state index in [9.17, 15) is 4.79 Å². The average molecular weight is 302 g/mol. The Kier molecular flexibility index (Phi) is 9.49. The van der Waals surface area contributed by atoms with Crippen molar-refractivity contribution < 1.29 is 24.1 Å². The molecule has 0 atom stereocenters. The Morgan fingerprint density at radius 2 is 1.62 bits per heavy atom. The fourth-order valence-electron chi connectivity index (χ4n) is 1.77. The van der Waals surface area contributed by atoms with E-state index in [0.29, 0.717) is 19.8 Å². The zero-order valence-electron chi connectivity index (χ0n) is 13.8. The third-order valence-electron chi connectivity index (χ3n) is 3.12. The van der Waals surface area contributed by atoms with Gasteiger partial charge in [0.2, 0.25) is 0 Å². The van der Waals surface area contributed by atoms with Gasteiger partial charge in [-0.1, -0.05) is 6.58 Å². The van der Waals surface area contributed by atoms with Crippen molar-refractivity contribution in [3.05, 3.63) is 12.7 Å². The van der Waals surface area contributed by atoms with Gasteiger partial charge in [0, 0.05) is 6.08 Å². The molecule has 0 aromatic rings. The summed E-state index contributed by atoms with van der Waals surface area (Å²) in [5.74, 6) is -0.392. The quantitative estimate of drug-likeness (QED) is 0.341. The Labute approximate surface area is 128 Å². The van der Waals surface area contributed by atoms with Crippen molar-refractivity contribution in [2.75, 3.05) is 26.4 Å². The molecule has 5 heteroatoms. The first-order chi connectivity index (χ1) is 9.72. The summed E-state index contributed by atoms with van der Waals surface area (Å²) in [7, 11) is 0. The largest absolute Gasteiger partial charge is 0.463 e. The second-order valence-electron chi connectivity index (χ2n) is 6.17. The van der Waals surface area contributed by atoms with Gasteiger partial charge in [-0.15, -0.1) is 0 Å². The smallest absolute Gasteiger partial charge is 0.330 e. The summed E-state index contributed by atoms with van der Waals surface area (Å²) >= 11 is 0. The summed E-state index contributed by atoms with van der Waals surface area (Å²) in [4.78, 5) is 10.9. The van der Waals surface area contributed by atoms with Crippen LogP contribution in [0.1, 0.15) is 47.0 Å². The first kappa shape index (κ1) is 20.1. The molecule has 0 saturated heterocycles. The van der Waals surface area contributed by atoms with Crippen molar-refractivity contribution in [3.8, 4) is 0 Å². The van der Waals surface area contributed by atoms with Crippen molar-refractivity contribution in [2.45, 2.75) is 58.2 Å². The Balaban J connectivity index is 3.86. The maximum absolute atomic E-state index is 10.9. The predicted molar refractivity (Wildman–Crippen MR) is 82.2 cm³/mol. The molecule has 0 unspecified atom stereocenters. The van der Waals surface area contributed by atoms with Gasteiger partial charge in [0.15, 0.2) is 0 Å². The van der Waals surface area contributed by atoms with Gasteiger partial charge in [-0.05, 0) is 47.0 Å². The van der Waals surface area contributed by atoms with Crippen molar-refractivity contribution >= 4 is 5.97 Å². The highest BCUT2D eigenvalue weighted by Crippen LogP contribution is 2.20. The van der Waals surface area contributed by atoms with E-state index in [4.69, 9.17) is 19.3 Å². The van der Waals surface area contributed by atoms with Crippen LogP contribution in [0.2, 0.25) is 0 Å². The third kappa shape index (κ3) is 11.4. The number of esters is 1.